The third-order valence-corrected chi connectivity index (χ3v) is 2.25. The maximum Gasteiger partial charge on any atom is 0.0194 e. The standard InChI is InChI=1S/C10H20N2/c1-10(11)6-2-3-7-12-8-4-5-9-12/h2,6,10H,3-5,7-9,11H2,1H3/b6-2+. The lowest BCUT2D eigenvalue weighted by atomic mass is 10.3. The van der Waals surface area contributed by atoms with E-state index in [0.29, 0.717) is 0 Å². The molecule has 0 aliphatic carbocycles. The highest BCUT2D eigenvalue weighted by Crippen LogP contribution is 2.07. The van der Waals surface area contributed by atoms with Gasteiger partial charge >= 0.3 is 0 Å². The zero-order valence-corrected chi connectivity index (χ0v) is 8.00. The largest absolute Gasteiger partial charge is 0.325 e. The van der Waals surface area contributed by atoms with E-state index in [1.807, 2.05) is 6.92 Å². The van der Waals surface area contributed by atoms with Crippen molar-refractivity contribution in [2.45, 2.75) is 32.2 Å². The van der Waals surface area contributed by atoms with Gasteiger partial charge in [-0.25, -0.2) is 0 Å². The molecule has 0 amide bonds. The van der Waals surface area contributed by atoms with E-state index in [9.17, 15) is 0 Å². The molecular formula is C10H20N2. The van der Waals surface area contributed by atoms with Crippen LogP contribution in [0.4, 0.5) is 0 Å². The molecular weight excluding hydrogens is 148 g/mol. The minimum Gasteiger partial charge on any atom is -0.325 e. The first-order valence-corrected chi connectivity index (χ1v) is 4.93. The smallest absolute Gasteiger partial charge is 0.0194 e. The summed E-state index contributed by atoms with van der Waals surface area (Å²) in [6.07, 6.45) is 8.20. The molecule has 70 valence electrons. The summed E-state index contributed by atoms with van der Waals surface area (Å²) >= 11 is 0. The molecule has 1 unspecified atom stereocenters. The molecule has 0 aromatic carbocycles. The second kappa shape index (κ2) is 5.33. The number of nitrogens with zero attached hydrogens (tertiary/aromatic N) is 1. The summed E-state index contributed by atoms with van der Waals surface area (Å²) < 4.78 is 0. The van der Waals surface area contributed by atoms with Crippen molar-refractivity contribution in [1.82, 2.24) is 4.90 Å². The van der Waals surface area contributed by atoms with Crippen molar-refractivity contribution >= 4 is 0 Å². The van der Waals surface area contributed by atoms with Gasteiger partial charge in [-0.15, -0.1) is 0 Å². The van der Waals surface area contributed by atoms with Gasteiger partial charge in [-0.2, -0.15) is 0 Å². The number of likely N-dealkylation sites (tertiary alicyclic amines) is 1. The van der Waals surface area contributed by atoms with Gasteiger partial charge in [-0.1, -0.05) is 12.2 Å². The molecule has 1 aliphatic heterocycles. The summed E-state index contributed by atoms with van der Waals surface area (Å²) in [5, 5.41) is 0. The molecule has 2 heteroatoms. The van der Waals surface area contributed by atoms with Gasteiger partial charge in [0.2, 0.25) is 0 Å². The fourth-order valence-electron chi connectivity index (χ4n) is 1.57. The molecule has 0 saturated carbocycles. The van der Waals surface area contributed by atoms with Crippen molar-refractivity contribution in [3.63, 3.8) is 0 Å². The lowest BCUT2D eigenvalue weighted by molar-refractivity contribution is 0.346. The van der Waals surface area contributed by atoms with Crippen LogP contribution in [0.3, 0.4) is 0 Å². The molecule has 1 rings (SSSR count). The van der Waals surface area contributed by atoms with Crippen LogP contribution in [0.25, 0.3) is 0 Å². The van der Waals surface area contributed by atoms with Crippen LogP contribution in [-0.4, -0.2) is 30.6 Å². The highest BCUT2D eigenvalue weighted by molar-refractivity contribution is 4.89. The van der Waals surface area contributed by atoms with Crippen molar-refractivity contribution in [2.24, 2.45) is 5.73 Å². The van der Waals surface area contributed by atoms with E-state index in [0.717, 1.165) is 6.42 Å². The van der Waals surface area contributed by atoms with Gasteiger partial charge in [0.15, 0.2) is 0 Å². The second-order valence-electron chi connectivity index (χ2n) is 3.62. The molecule has 0 aromatic rings. The van der Waals surface area contributed by atoms with Gasteiger partial charge in [0.25, 0.3) is 0 Å². The van der Waals surface area contributed by atoms with Crippen LogP contribution in [0.2, 0.25) is 0 Å². The molecule has 0 bridgehead atoms. The van der Waals surface area contributed by atoms with Crippen LogP contribution in [0.5, 0.6) is 0 Å². The van der Waals surface area contributed by atoms with E-state index in [1.54, 1.807) is 0 Å². The lowest BCUT2D eigenvalue weighted by Gasteiger charge is -2.12. The van der Waals surface area contributed by atoms with Gasteiger partial charge in [0, 0.05) is 12.6 Å². The molecule has 1 atom stereocenters. The van der Waals surface area contributed by atoms with Crippen LogP contribution >= 0.6 is 0 Å². The zero-order valence-electron chi connectivity index (χ0n) is 8.00. The third-order valence-electron chi connectivity index (χ3n) is 2.25. The Balaban J connectivity index is 2.01. The van der Waals surface area contributed by atoms with Crippen LogP contribution < -0.4 is 5.73 Å². The fourth-order valence-corrected chi connectivity index (χ4v) is 1.57. The summed E-state index contributed by atoms with van der Waals surface area (Å²) in [7, 11) is 0. The van der Waals surface area contributed by atoms with Crippen LogP contribution in [-0.2, 0) is 0 Å². The van der Waals surface area contributed by atoms with Crippen molar-refractivity contribution in [3.8, 4) is 0 Å². The van der Waals surface area contributed by atoms with E-state index < -0.39 is 0 Å². The molecule has 2 nitrogen and oxygen atoms in total. The van der Waals surface area contributed by atoms with Crippen LogP contribution in [0.1, 0.15) is 26.2 Å². The average Bonchev–Trinajstić information content (AvgIpc) is 2.49. The van der Waals surface area contributed by atoms with E-state index in [1.165, 1.54) is 32.5 Å². The monoisotopic (exact) mass is 168 g/mol. The second-order valence-corrected chi connectivity index (χ2v) is 3.62. The normalized spacial score (nSPS) is 22.2. The summed E-state index contributed by atoms with van der Waals surface area (Å²) in [5.41, 5.74) is 5.59. The highest BCUT2D eigenvalue weighted by Gasteiger charge is 2.08. The number of rotatable bonds is 4. The topological polar surface area (TPSA) is 29.3 Å². The van der Waals surface area contributed by atoms with Crippen LogP contribution in [0.15, 0.2) is 12.2 Å². The number of hydrogen-bond donors (Lipinski definition) is 1. The Morgan fingerprint density at radius 2 is 2.08 bits per heavy atom. The van der Waals surface area contributed by atoms with Crippen molar-refractivity contribution in [1.29, 1.82) is 0 Å². The Bertz CT molecular complexity index is 135. The Kier molecular flexibility index (Phi) is 4.33. The van der Waals surface area contributed by atoms with E-state index in [2.05, 4.69) is 17.1 Å². The first-order valence-electron chi connectivity index (χ1n) is 4.93. The van der Waals surface area contributed by atoms with Crippen molar-refractivity contribution in [2.75, 3.05) is 19.6 Å². The van der Waals surface area contributed by atoms with E-state index in [4.69, 9.17) is 5.73 Å². The van der Waals surface area contributed by atoms with Crippen molar-refractivity contribution in [3.05, 3.63) is 12.2 Å². The van der Waals surface area contributed by atoms with Crippen molar-refractivity contribution < 1.29 is 0 Å². The fraction of sp³-hybridized carbons (Fsp3) is 0.800. The number of hydrogen-bond acceptors (Lipinski definition) is 2. The third kappa shape index (κ3) is 3.88. The summed E-state index contributed by atoms with van der Waals surface area (Å²) in [6, 6.07) is 0.212. The molecule has 1 aliphatic rings. The summed E-state index contributed by atoms with van der Waals surface area (Å²) in [4.78, 5) is 2.52. The SMILES string of the molecule is CC(N)/C=C/CCN1CCCC1. The van der Waals surface area contributed by atoms with Gasteiger partial charge < -0.3 is 10.6 Å². The van der Waals surface area contributed by atoms with Gasteiger partial charge in [-0.3, -0.25) is 0 Å². The highest BCUT2D eigenvalue weighted by atomic mass is 15.1. The first-order chi connectivity index (χ1) is 5.79. The minimum absolute atomic E-state index is 0.212. The Hall–Kier alpha value is -0.340. The summed E-state index contributed by atoms with van der Waals surface area (Å²) in [5.74, 6) is 0. The molecule has 0 aromatic heterocycles. The van der Waals surface area contributed by atoms with Crippen LogP contribution in [0, 0.1) is 0 Å². The Morgan fingerprint density at radius 1 is 1.42 bits per heavy atom. The van der Waals surface area contributed by atoms with Gasteiger partial charge in [-0.05, 0) is 39.3 Å². The Morgan fingerprint density at radius 3 is 2.67 bits per heavy atom. The molecule has 2 N–H and O–H groups in total. The molecule has 1 saturated heterocycles. The van der Waals surface area contributed by atoms with Gasteiger partial charge in [0.05, 0.1) is 0 Å². The lowest BCUT2D eigenvalue weighted by Crippen LogP contribution is -2.20. The molecule has 0 spiro atoms. The van der Waals surface area contributed by atoms with Gasteiger partial charge in [0.1, 0.15) is 0 Å². The molecule has 12 heavy (non-hydrogen) atoms. The quantitative estimate of drug-likeness (QED) is 0.642. The Labute approximate surface area is 75.4 Å². The minimum atomic E-state index is 0.212. The maximum absolute atomic E-state index is 5.59. The van der Waals surface area contributed by atoms with E-state index in [-0.39, 0.29) is 6.04 Å². The maximum atomic E-state index is 5.59. The molecule has 1 fully saturated rings. The number of nitrogens with two attached hydrogens (primary N) is 1. The zero-order chi connectivity index (χ0) is 8.81. The summed E-state index contributed by atoms with van der Waals surface area (Å²) in [6.45, 7) is 5.81. The molecule has 0 radical (unpaired) electrons. The predicted molar refractivity (Wildman–Crippen MR) is 53.1 cm³/mol. The first kappa shape index (κ1) is 9.75. The molecule has 1 heterocycles. The van der Waals surface area contributed by atoms with E-state index >= 15 is 0 Å². The predicted octanol–water partition coefficient (Wildman–Crippen LogP) is 1.38. The average molecular weight is 168 g/mol.